The van der Waals surface area contributed by atoms with Gasteiger partial charge in [-0.15, -0.1) is 24.0 Å². The van der Waals surface area contributed by atoms with Crippen LogP contribution >= 0.6 is 24.0 Å². The van der Waals surface area contributed by atoms with Gasteiger partial charge in [-0.2, -0.15) is 0 Å². The van der Waals surface area contributed by atoms with Gasteiger partial charge in [-0.3, -0.25) is 4.98 Å². The molecule has 72 valence electrons. The van der Waals surface area contributed by atoms with Crippen LogP contribution in [0.15, 0.2) is 24.7 Å². The molecule has 2 heterocycles. The lowest BCUT2D eigenvalue weighted by Crippen LogP contribution is -2.17. The number of rotatable bonds is 0. The third kappa shape index (κ3) is 3.22. The van der Waals surface area contributed by atoms with Crippen molar-refractivity contribution in [1.82, 2.24) is 10.4 Å². The highest BCUT2D eigenvalue weighted by Crippen LogP contribution is 2.15. The largest absolute Gasteiger partial charge is 0.308 e. The normalized spacial score (nSPS) is 10.6. The van der Waals surface area contributed by atoms with Crippen LogP contribution in [0.4, 0.5) is 5.69 Å². The highest BCUT2D eigenvalue weighted by molar-refractivity contribution is 14.0. The van der Waals surface area contributed by atoms with E-state index in [-0.39, 0.29) is 24.0 Å². The molecule has 2 N–H and O–H groups in total. The summed E-state index contributed by atoms with van der Waals surface area (Å²) in [5, 5.41) is 0. The number of aromatic nitrogens is 1. The molecule has 0 atom stereocenters. The average molecular weight is 291 g/mol. The first kappa shape index (κ1) is 12.2. The molecule has 4 heteroatoms. The second-order valence-corrected chi connectivity index (χ2v) is 2.07. The number of hydrazine groups is 1. The topological polar surface area (TPSA) is 37.0 Å². The highest BCUT2D eigenvalue weighted by Gasteiger charge is 1.99. The van der Waals surface area contributed by atoms with Crippen molar-refractivity contribution in [3.05, 3.63) is 30.2 Å². The molecule has 0 fully saturated rings. The van der Waals surface area contributed by atoms with E-state index in [2.05, 4.69) is 15.8 Å². The number of nitrogens with one attached hydrogen (secondary N) is 2. The van der Waals surface area contributed by atoms with E-state index in [1.165, 1.54) is 0 Å². The second kappa shape index (κ2) is 6.71. The van der Waals surface area contributed by atoms with Gasteiger partial charge in [-0.1, -0.05) is 13.8 Å². The van der Waals surface area contributed by atoms with Gasteiger partial charge in [0, 0.05) is 24.2 Å². The van der Waals surface area contributed by atoms with E-state index in [9.17, 15) is 0 Å². The van der Waals surface area contributed by atoms with E-state index in [1.807, 2.05) is 38.4 Å². The molecular formula is C9H14IN3. The minimum Gasteiger partial charge on any atom is -0.308 e. The standard InChI is InChI=1S/C7H7N3.C2H6.HI/c1-4-9-10-7-2-3-8-5-6(1)7;1-2;/h1-5,9-10H;1-2H3;1H. The van der Waals surface area contributed by atoms with E-state index in [0.29, 0.717) is 0 Å². The zero-order valence-electron chi connectivity index (χ0n) is 7.74. The number of hydrogen-bond donors (Lipinski definition) is 2. The van der Waals surface area contributed by atoms with Crippen LogP contribution in [0.5, 0.6) is 0 Å². The van der Waals surface area contributed by atoms with Crippen LogP contribution in [-0.4, -0.2) is 4.98 Å². The number of anilines is 1. The first-order valence-corrected chi connectivity index (χ1v) is 4.09. The van der Waals surface area contributed by atoms with Gasteiger partial charge in [0.1, 0.15) is 0 Å². The summed E-state index contributed by atoms with van der Waals surface area (Å²) in [4.78, 5) is 3.98. The van der Waals surface area contributed by atoms with Crippen LogP contribution in [0.3, 0.4) is 0 Å². The summed E-state index contributed by atoms with van der Waals surface area (Å²) in [5.74, 6) is 0. The van der Waals surface area contributed by atoms with Crippen molar-refractivity contribution in [3.8, 4) is 0 Å². The Hall–Kier alpha value is -0.780. The number of nitrogens with zero attached hydrogens (tertiary/aromatic N) is 1. The van der Waals surface area contributed by atoms with Crippen molar-refractivity contribution in [3.63, 3.8) is 0 Å². The summed E-state index contributed by atoms with van der Waals surface area (Å²) in [6, 6.07) is 1.92. The Balaban J connectivity index is 0.000000451. The highest BCUT2D eigenvalue weighted by atomic mass is 127. The fourth-order valence-electron chi connectivity index (χ4n) is 0.904. The maximum Gasteiger partial charge on any atom is 0.0643 e. The molecular weight excluding hydrogens is 277 g/mol. The molecule has 2 rings (SSSR count). The Labute approximate surface area is 95.6 Å². The van der Waals surface area contributed by atoms with Crippen molar-refractivity contribution in [2.75, 3.05) is 5.43 Å². The quantitative estimate of drug-likeness (QED) is 0.722. The molecule has 1 aromatic rings. The summed E-state index contributed by atoms with van der Waals surface area (Å²) in [7, 11) is 0. The smallest absolute Gasteiger partial charge is 0.0643 e. The number of pyridine rings is 1. The molecule has 0 saturated carbocycles. The predicted molar refractivity (Wildman–Crippen MR) is 66.8 cm³/mol. The van der Waals surface area contributed by atoms with E-state index >= 15 is 0 Å². The molecule has 0 amide bonds. The van der Waals surface area contributed by atoms with Gasteiger partial charge in [0.05, 0.1) is 5.69 Å². The molecule has 0 aliphatic carbocycles. The molecule has 0 unspecified atom stereocenters. The summed E-state index contributed by atoms with van der Waals surface area (Å²) in [5.41, 5.74) is 8.05. The van der Waals surface area contributed by atoms with E-state index < -0.39 is 0 Å². The van der Waals surface area contributed by atoms with Gasteiger partial charge in [0.25, 0.3) is 0 Å². The predicted octanol–water partition coefficient (Wildman–Crippen LogP) is 2.63. The van der Waals surface area contributed by atoms with E-state index in [1.54, 1.807) is 6.20 Å². The molecule has 0 spiro atoms. The number of fused-ring (bicyclic) bond motifs is 1. The molecule has 0 bridgehead atoms. The minimum absolute atomic E-state index is 0. The Morgan fingerprint density at radius 3 is 2.77 bits per heavy atom. The molecule has 0 radical (unpaired) electrons. The second-order valence-electron chi connectivity index (χ2n) is 2.07. The van der Waals surface area contributed by atoms with Crippen molar-refractivity contribution in [1.29, 1.82) is 0 Å². The molecule has 13 heavy (non-hydrogen) atoms. The monoisotopic (exact) mass is 291 g/mol. The molecule has 1 aliphatic heterocycles. The summed E-state index contributed by atoms with van der Waals surface area (Å²) in [6.07, 6.45) is 7.38. The Kier molecular flexibility index (Phi) is 6.30. The number of hydrogen-bond acceptors (Lipinski definition) is 3. The fourth-order valence-corrected chi connectivity index (χ4v) is 0.904. The summed E-state index contributed by atoms with van der Waals surface area (Å²) < 4.78 is 0. The van der Waals surface area contributed by atoms with Gasteiger partial charge in [0.15, 0.2) is 0 Å². The molecule has 1 aromatic heterocycles. The van der Waals surface area contributed by atoms with Crippen LogP contribution < -0.4 is 10.9 Å². The first-order chi connectivity index (χ1) is 5.97. The summed E-state index contributed by atoms with van der Waals surface area (Å²) >= 11 is 0. The Morgan fingerprint density at radius 1 is 1.31 bits per heavy atom. The molecule has 0 saturated heterocycles. The van der Waals surface area contributed by atoms with Gasteiger partial charge in [-0.05, 0) is 12.1 Å². The maximum absolute atomic E-state index is 3.98. The summed E-state index contributed by atoms with van der Waals surface area (Å²) in [6.45, 7) is 4.00. The van der Waals surface area contributed by atoms with Crippen LogP contribution in [-0.2, 0) is 0 Å². The zero-order valence-corrected chi connectivity index (χ0v) is 10.1. The third-order valence-corrected chi connectivity index (χ3v) is 1.40. The van der Waals surface area contributed by atoms with Crippen LogP contribution in [0.1, 0.15) is 19.4 Å². The maximum atomic E-state index is 3.98. The Morgan fingerprint density at radius 2 is 2.08 bits per heavy atom. The fraction of sp³-hybridized carbons (Fsp3) is 0.222. The molecule has 0 aromatic carbocycles. The van der Waals surface area contributed by atoms with Crippen molar-refractivity contribution in [2.24, 2.45) is 0 Å². The lowest BCUT2D eigenvalue weighted by molar-refractivity contribution is 1.04. The van der Waals surface area contributed by atoms with Gasteiger partial charge < -0.3 is 10.9 Å². The number of halogens is 1. The van der Waals surface area contributed by atoms with Crippen LogP contribution in [0, 0.1) is 0 Å². The van der Waals surface area contributed by atoms with Crippen molar-refractivity contribution < 1.29 is 0 Å². The SMILES string of the molecule is C1=Cc2cnccc2NN1.CC.I. The van der Waals surface area contributed by atoms with Gasteiger partial charge >= 0.3 is 0 Å². The third-order valence-electron chi connectivity index (χ3n) is 1.40. The minimum atomic E-state index is 0. The van der Waals surface area contributed by atoms with Crippen molar-refractivity contribution in [2.45, 2.75) is 13.8 Å². The lowest BCUT2D eigenvalue weighted by Gasteiger charge is -2.12. The van der Waals surface area contributed by atoms with E-state index in [4.69, 9.17) is 0 Å². The van der Waals surface area contributed by atoms with Gasteiger partial charge in [0.2, 0.25) is 0 Å². The lowest BCUT2D eigenvalue weighted by atomic mass is 10.2. The first-order valence-electron chi connectivity index (χ1n) is 4.09. The van der Waals surface area contributed by atoms with Crippen LogP contribution in [0.2, 0.25) is 0 Å². The van der Waals surface area contributed by atoms with E-state index in [0.717, 1.165) is 11.3 Å². The molecule has 3 nitrogen and oxygen atoms in total. The van der Waals surface area contributed by atoms with Crippen LogP contribution in [0.25, 0.3) is 6.08 Å². The Bertz CT molecular complexity index is 273. The zero-order chi connectivity index (χ0) is 8.81. The van der Waals surface area contributed by atoms with Crippen molar-refractivity contribution >= 4 is 35.7 Å². The molecule has 1 aliphatic rings. The van der Waals surface area contributed by atoms with Gasteiger partial charge in [-0.25, -0.2) is 0 Å². The average Bonchev–Trinajstić information content (AvgIpc) is 2.21.